The number of benzene rings is 1. The van der Waals surface area contributed by atoms with E-state index in [1.165, 1.54) is 4.90 Å². The van der Waals surface area contributed by atoms with Crippen molar-refractivity contribution in [1.82, 2.24) is 4.90 Å². The van der Waals surface area contributed by atoms with Crippen LogP contribution in [-0.4, -0.2) is 34.0 Å². The van der Waals surface area contributed by atoms with E-state index in [2.05, 4.69) is 21.2 Å². The van der Waals surface area contributed by atoms with E-state index in [1.807, 2.05) is 13.8 Å². The number of halogens is 1. The molecule has 3 amide bonds. The molecule has 6 heteroatoms. The molecule has 130 valence electrons. The predicted molar refractivity (Wildman–Crippen MR) is 97.6 cm³/mol. The SMILES string of the molecule is CCC(C)N1C(=O)c2ccc(NC(=O)CCCCCBr)cc2C1=O. The highest BCUT2D eigenvalue weighted by Gasteiger charge is 2.37. The maximum absolute atomic E-state index is 12.5. The van der Waals surface area contributed by atoms with Crippen molar-refractivity contribution < 1.29 is 14.4 Å². The van der Waals surface area contributed by atoms with Crippen molar-refractivity contribution >= 4 is 39.3 Å². The van der Waals surface area contributed by atoms with Crippen molar-refractivity contribution in [1.29, 1.82) is 0 Å². The lowest BCUT2D eigenvalue weighted by molar-refractivity contribution is -0.116. The van der Waals surface area contributed by atoms with Gasteiger partial charge in [0.25, 0.3) is 11.8 Å². The molecule has 1 atom stereocenters. The van der Waals surface area contributed by atoms with E-state index in [4.69, 9.17) is 0 Å². The van der Waals surface area contributed by atoms with E-state index >= 15 is 0 Å². The summed E-state index contributed by atoms with van der Waals surface area (Å²) in [5.41, 5.74) is 1.35. The minimum absolute atomic E-state index is 0.0694. The van der Waals surface area contributed by atoms with Crippen LogP contribution in [0.1, 0.15) is 66.7 Å². The van der Waals surface area contributed by atoms with Gasteiger partial charge in [-0.25, -0.2) is 0 Å². The number of imide groups is 1. The summed E-state index contributed by atoms with van der Waals surface area (Å²) in [6.45, 7) is 3.80. The third kappa shape index (κ3) is 4.04. The molecule has 0 saturated heterocycles. The standard InChI is InChI=1S/C18H23BrN2O3/c1-3-12(2)21-17(23)14-9-8-13(11-15(14)18(21)24)20-16(22)7-5-4-6-10-19/h8-9,11-12H,3-7,10H2,1-2H3,(H,20,22). The maximum atomic E-state index is 12.5. The number of hydrogen-bond donors (Lipinski definition) is 1. The third-order valence-corrected chi connectivity index (χ3v) is 4.83. The number of unbranched alkanes of at least 4 members (excludes halogenated alkanes) is 2. The van der Waals surface area contributed by atoms with Gasteiger partial charge in [0.2, 0.25) is 5.91 Å². The van der Waals surface area contributed by atoms with Gasteiger partial charge in [0.15, 0.2) is 0 Å². The van der Waals surface area contributed by atoms with E-state index in [9.17, 15) is 14.4 Å². The molecule has 1 unspecified atom stereocenters. The summed E-state index contributed by atoms with van der Waals surface area (Å²) in [7, 11) is 0. The molecule has 1 aromatic carbocycles. The molecule has 5 nitrogen and oxygen atoms in total. The Bertz CT molecular complexity index is 645. The lowest BCUT2D eigenvalue weighted by Gasteiger charge is -2.20. The highest BCUT2D eigenvalue weighted by atomic mass is 79.9. The fourth-order valence-corrected chi connectivity index (χ4v) is 3.10. The average Bonchev–Trinajstić information content (AvgIpc) is 2.82. The molecule has 1 heterocycles. The van der Waals surface area contributed by atoms with Crippen LogP contribution in [0.3, 0.4) is 0 Å². The van der Waals surface area contributed by atoms with Crippen LogP contribution in [0.25, 0.3) is 0 Å². The molecule has 0 spiro atoms. The Kier molecular flexibility index (Phi) is 6.54. The summed E-state index contributed by atoms with van der Waals surface area (Å²) in [6.07, 6.45) is 4.05. The summed E-state index contributed by atoms with van der Waals surface area (Å²) < 4.78 is 0. The quantitative estimate of drug-likeness (QED) is 0.412. The fourth-order valence-electron chi connectivity index (χ4n) is 2.70. The number of fused-ring (bicyclic) bond motifs is 1. The highest BCUT2D eigenvalue weighted by molar-refractivity contribution is 9.09. The molecule has 2 rings (SSSR count). The summed E-state index contributed by atoms with van der Waals surface area (Å²) in [5, 5.41) is 3.76. The van der Waals surface area contributed by atoms with Gasteiger partial charge in [-0.05, 0) is 44.4 Å². The second-order valence-electron chi connectivity index (χ2n) is 6.05. The van der Waals surface area contributed by atoms with E-state index in [0.29, 0.717) is 29.7 Å². The van der Waals surface area contributed by atoms with Crippen LogP contribution < -0.4 is 5.32 Å². The second kappa shape index (κ2) is 8.42. The normalized spacial score (nSPS) is 14.7. The molecule has 1 N–H and O–H groups in total. The molecular weight excluding hydrogens is 372 g/mol. The van der Waals surface area contributed by atoms with Crippen molar-refractivity contribution in [2.75, 3.05) is 10.6 Å². The largest absolute Gasteiger partial charge is 0.326 e. The van der Waals surface area contributed by atoms with Crippen molar-refractivity contribution in [3.8, 4) is 0 Å². The summed E-state index contributed by atoms with van der Waals surface area (Å²) in [4.78, 5) is 38.1. The first-order valence-corrected chi connectivity index (χ1v) is 9.49. The Balaban J connectivity index is 2.05. The topological polar surface area (TPSA) is 66.5 Å². The third-order valence-electron chi connectivity index (χ3n) is 4.27. The van der Waals surface area contributed by atoms with Gasteiger partial charge in [0.1, 0.15) is 0 Å². The van der Waals surface area contributed by atoms with E-state index < -0.39 is 0 Å². The molecule has 1 aliphatic heterocycles. The first-order valence-electron chi connectivity index (χ1n) is 8.37. The zero-order chi connectivity index (χ0) is 17.7. The smallest absolute Gasteiger partial charge is 0.261 e. The minimum Gasteiger partial charge on any atom is -0.326 e. The maximum Gasteiger partial charge on any atom is 0.261 e. The number of carbonyl (C=O) groups excluding carboxylic acids is 3. The second-order valence-corrected chi connectivity index (χ2v) is 6.84. The fraction of sp³-hybridized carbons (Fsp3) is 0.500. The molecule has 0 bridgehead atoms. The molecule has 0 aromatic heterocycles. The zero-order valence-corrected chi connectivity index (χ0v) is 15.7. The molecule has 0 radical (unpaired) electrons. The molecule has 1 aromatic rings. The zero-order valence-electron chi connectivity index (χ0n) is 14.1. The van der Waals surface area contributed by atoms with Crippen LogP contribution in [0.15, 0.2) is 18.2 Å². The van der Waals surface area contributed by atoms with Gasteiger partial charge in [-0.2, -0.15) is 0 Å². The Morgan fingerprint density at radius 1 is 1.17 bits per heavy atom. The van der Waals surface area contributed by atoms with E-state index in [1.54, 1.807) is 18.2 Å². The van der Waals surface area contributed by atoms with Crippen LogP contribution in [0.2, 0.25) is 0 Å². The Labute approximate surface area is 150 Å². The Morgan fingerprint density at radius 3 is 2.54 bits per heavy atom. The molecule has 24 heavy (non-hydrogen) atoms. The van der Waals surface area contributed by atoms with Crippen LogP contribution in [-0.2, 0) is 4.79 Å². The molecule has 0 fully saturated rings. The number of carbonyl (C=O) groups is 3. The number of rotatable bonds is 8. The van der Waals surface area contributed by atoms with Crippen LogP contribution in [0, 0.1) is 0 Å². The lowest BCUT2D eigenvalue weighted by Crippen LogP contribution is -2.37. The summed E-state index contributed by atoms with van der Waals surface area (Å²) in [6, 6.07) is 4.78. The monoisotopic (exact) mass is 394 g/mol. The predicted octanol–water partition coefficient (Wildman–Crippen LogP) is 3.97. The molecule has 0 saturated carbocycles. The van der Waals surface area contributed by atoms with Crippen molar-refractivity contribution in [3.63, 3.8) is 0 Å². The van der Waals surface area contributed by atoms with Crippen molar-refractivity contribution in [3.05, 3.63) is 29.3 Å². The number of anilines is 1. The van der Waals surface area contributed by atoms with Crippen molar-refractivity contribution in [2.24, 2.45) is 0 Å². The number of nitrogens with one attached hydrogen (secondary N) is 1. The number of amides is 3. The van der Waals surface area contributed by atoms with Gasteiger partial charge < -0.3 is 5.32 Å². The van der Waals surface area contributed by atoms with Gasteiger partial charge in [-0.3, -0.25) is 19.3 Å². The van der Waals surface area contributed by atoms with E-state index in [0.717, 1.165) is 24.6 Å². The molecule has 0 aliphatic carbocycles. The molecule has 1 aliphatic rings. The van der Waals surface area contributed by atoms with Crippen LogP contribution in [0.4, 0.5) is 5.69 Å². The van der Waals surface area contributed by atoms with Gasteiger partial charge in [-0.15, -0.1) is 0 Å². The van der Waals surface area contributed by atoms with Gasteiger partial charge in [0, 0.05) is 23.5 Å². The minimum atomic E-state index is -0.280. The first-order chi connectivity index (χ1) is 11.5. The van der Waals surface area contributed by atoms with Gasteiger partial charge in [-0.1, -0.05) is 29.3 Å². The lowest BCUT2D eigenvalue weighted by atomic mass is 10.1. The van der Waals surface area contributed by atoms with Gasteiger partial charge in [0.05, 0.1) is 11.1 Å². The van der Waals surface area contributed by atoms with Gasteiger partial charge >= 0.3 is 0 Å². The summed E-state index contributed by atoms with van der Waals surface area (Å²) in [5.74, 6) is -0.602. The van der Waals surface area contributed by atoms with Crippen molar-refractivity contribution in [2.45, 2.75) is 52.0 Å². The number of nitrogens with zero attached hydrogens (tertiary/aromatic N) is 1. The Morgan fingerprint density at radius 2 is 1.88 bits per heavy atom. The average molecular weight is 395 g/mol. The number of hydrogen-bond acceptors (Lipinski definition) is 3. The molecular formula is C18H23BrN2O3. The van der Waals surface area contributed by atoms with Crippen LogP contribution in [0.5, 0.6) is 0 Å². The Hall–Kier alpha value is -1.69. The van der Waals surface area contributed by atoms with Crippen LogP contribution >= 0.6 is 15.9 Å². The highest BCUT2D eigenvalue weighted by Crippen LogP contribution is 2.28. The van der Waals surface area contributed by atoms with E-state index in [-0.39, 0.29) is 23.8 Å². The first kappa shape index (κ1) is 18.6. The number of alkyl halides is 1. The summed E-state index contributed by atoms with van der Waals surface area (Å²) >= 11 is 3.37.